The molecule has 4 aliphatic rings. The molecule has 1 aromatic rings. The monoisotopic (exact) mass is 508 g/mol. The number of hydrogen-bond donors (Lipinski definition) is 4. The minimum Gasteiger partial charge on any atom is -0.393 e. The van der Waals surface area contributed by atoms with Gasteiger partial charge in [-0.2, -0.15) is 5.10 Å². The normalized spacial score (nSPS) is 39.7. The van der Waals surface area contributed by atoms with Crippen molar-refractivity contribution in [1.29, 1.82) is 0 Å². The van der Waals surface area contributed by atoms with Crippen LogP contribution in [0.15, 0.2) is 47.1 Å². The van der Waals surface area contributed by atoms with Crippen LogP contribution >= 0.6 is 0 Å². The van der Waals surface area contributed by atoms with Crippen LogP contribution in [0.3, 0.4) is 0 Å². The van der Waals surface area contributed by atoms with Gasteiger partial charge in [0, 0.05) is 6.21 Å². The summed E-state index contributed by atoms with van der Waals surface area (Å²) in [5.41, 5.74) is 4.73. The average molecular weight is 509 g/mol. The second kappa shape index (κ2) is 10.5. The molecule has 0 saturated heterocycles. The molecule has 4 N–H and O–H groups in total. The zero-order chi connectivity index (χ0) is 26.3. The Morgan fingerprint density at radius 3 is 2.68 bits per heavy atom. The predicted octanol–water partition coefficient (Wildman–Crippen LogP) is 6.31. The van der Waals surface area contributed by atoms with Gasteiger partial charge in [-0.25, -0.2) is 0 Å². The highest BCUT2D eigenvalue weighted by Gasteiger charge is 2.62. The van der Waals surface area contributed by atoms with Crippen LogP contribution in [0.4, 0.5) is 5.69 Å². The smallest absolute Gasteiger partial charge is 0.0910 e. The first-order valence-electron chi connectivity index (χ1n) is 14.8. The van der Waals surface area contributed by atoms with Gasteiger partial charge < -0.3 is 15.3 Å². The highest BCUT2D eigenvalue weighted by molar-refractivity contribution is 5.59. The van der Waals surface area contributed by atoms with Gasteiger partial charge in [0.15, 0.2) is 0 Å². The zero-order valence-corrected chi connectivity index (χ0v) is 23.1. The van der Waals surface area contributed by atoms with Gasteiger partial charge >= 0.3 is 0 Å². The molecule has 5 nitrogen and oxygen atoms in total. The number of allylic oxidation sites excluding steroid dienone is 1. The number of para-hydroxylation sites is 1. The van der Waals surface area contributed by atoms with Gasteiger partial charge in [-0.05, 0) is 124 Å². The number of unbranched alkanes of at least 4 members (excludes halogenated alkanes) is 1. The van der Waals surface area contributed by atoms with E-state index in [0.717, 1.165) is 63.5 Å². The molecule has 0 aliphatic heterocycles. The van der Waals surface area contributed by atoms with Crippen LogP contribution < -0.4 is 5.43 Å². The van der Waals surface area contributed by atoms with Gasteiger partial charge in [0.1, 0.15) is 0 Å². The third kappa shape index (κ3) is 4.92. The molecule has 9 atom stereocenters. The summed E-state index contributed by atoms with van der Waals surface area (Å²) in [6, 6.07) is 9.88. The van der Waals surface area contributed by atoms with Crippen LogP contribution in [-0.4, -0.2) is 39.3 Å². The van der Waals surface area contributed by atoms with Crippen molar-refractivity contribution in [2.45, 2.75) is 109 Å². The van der Waals surface area contributed by atoms with Crippen molar-refractivity contribution in [2.75, 3.05) is 5.43 Å². The zero-order valence-electron chi connectivity index (χ0n) is 23.1. The first kappa shape index (κ1) is 26.9. The Balaban J connectivity index is 1.19. The molecule has 0 radical (unpaired) electrons. The Morgan fingerprint density at radius 1 is 1.11 bits per heavy atom. The maximum Gasteiger partial charge on any atom is 0.0910 e. The number of anilines is 1. The Bertz CT molecular complexity index is 991. The fourth-order valence-electron chi connectivity index (χ4n) is 9.23. The molecule has 0 bridgehead atoms. The summed E-state index contributed by atoms with van der Waals surface area (Å²) in [6.45, 7) is 6.78. The lowest BCUT2D eigenvalue weighted by Gasteiger charge is -2.59. The lowest BCUT2D eigenvalue weighted by molar-refractivity contribution is -0.151. The highest BCUT2D eigenvalue weighted by atomic mass is 16.3. The van der Waals surface area contributed by atoms with E-state index in [-0.39, 0.29) is 22.9 Å². The number of hydrazone groups is 1. The van der Waals surface area contributed by atoms with Crippen molar-refractivity contribution >= 4 is 11.9 Å². The van der Waals surface area contributed by atoms with Crippen LogP contribution in [0.25, 0.3) is 0 Å². The Kier molecular flexibility index (Phi) is 7.61. The van der Waals surface area contributed by atoms with Gasteiger partial charge in [-0.3, -0.25) is 5.43 Å². The molecule has 5 rings (SSSR count). The summed E-state index contributed by atoms with van der Waals surface area (Å²) < 4.78 is 0. The molecule has 4 aliphatic carbocycles. The molecule has 0 amide bonds. The number of hydrogen-bond acceptors (Lipinski definition) is 5. The average Bonchev–Trinajstić information content (AvgIpc) is 3.25. The van der Waals surface area contributed by atoms with E-state index in [1.807, 2.05) is 43.5 Å². The number of rotatable bonds is 8. The number of benzene rings is 1. The highest BCUT2D eigenvalue weighted by Crippen LogP contribution is 2.67. The standard InChI is InChI=1S/C32H48N2O3/c1-30-18-16-24(35)21-22(30)12-13-25-26-14-15-28(31(26,2)19-17-27(25)30)32(3,37)29(36)11-7-8-20-33-34-23-9-5-4-6-10-23/h4-6,9-10,12,20,24-29,34-37H,7-8,11,13-19,21H2,1-3H3/b33-20+/t24-,25-,26-,27-,28-,29-,30-,31-,32+/m0/s1. The van der Waals surface area contributed by atoms with Crippen LogP contribution in [-0.2, 0) is 0 Å². The molecule has 3 saturated carbocycles. The minimum atomic E-state index is -1.08. The fraction of sp³-hybridized carbons (Fsp3) is 0.719. The van der Waals surface area contributed by atoms with E-state index in [1.54, 1.807) is 0 Å². The topological polar surface area (TPSA) is 85.1 Å². The molecular weight excluding hydrogens is 460 g/mol. The van der Waals surface area contributed by atoms with Crippen LogP contribution in [0.1, 0.15) is 91.4 Å². The number of nitrogens with one attached hydrogen (secondary N) is 1. The summed E-state index contributed by atoms with van der Waals surface area (Å²) in [6.07, 6.45) is 14.1. The third-order valence-corrected chi connectivity index (χ3v) is 11.3. The molecule has 0 unspecified atom stereocenters. The van der Waals surface area contributed by atoms with E-state index < -0.39 is 11.7 Å². The van der Waals surface area contributed by atoms with E-state index >= 15 is 0 Å². The number of aliphatic hydroxyl groups is 3. The molecule has 1 aromatic carbocycles. The lowest BCUT2D eigenvalue weighted by Crippen LogP contribution is -2.55. The van der Waals surface area contributed by atoms with Crippen LogP contribution in [0.2, 0.25) is 0 Å². The fourth-order valence-corrected chi connectivity index (χ4v) is 9.23. The predicted molar refractivity (Wildman–Crippen MR) is 150 cm³/mol. The molecule has 37 heavy (non-hydrogen) atoms. The van der Waals surface area contributed by atoms with E-state index in [9.17, 15) is 15.3 Å². The number of nitrogens with zero attached hydrogens (tertiary/aromatic N) is 1. The summed E-state index contributed by atoms with van der Waals surface area (Å²) in [5.74, 6) is 2.08. The molecule has 5 heteroatoms. The van der Waals surface area contributed by atoms with E-state index in [4.69, 9.17) is 0 Å². The number of aliphatic hydroxyl groups excluding tert-OH is 2. The van der Waals surface area contributed by atoms with Crippen LogP contribution in [0, 0.1) is 34.5 Å². The van der Waals surface area contributed by atoms with Gasteiger partial charge in [0.25, 0.3) is 0 Å². The van der Waals surface area contributed by atoms with Crippen molar-refractivity contribution in [2.24, 2.45) is 39.6 Å². The summed E-state index contributed by atoms with van der Waals surface area (Å²) in [4.78, 5) is 0. The van der Waals surface area contributed by atoms with E-state index in [1.165, 1.54) is 12.0 Å². The molecule has 0 aromatic heterocycles. The van der Waals surface area contributed by atoms with Crippen molar-refractivity contribution < 1.29 is 15.3 Å². The Labute approximate surface area is 223 Å². The van der Waals surface area contributed by atoms with Gasteiger partial charge in [0.05, 0.1) is 23.5 Å². The van der Waals surface area contributed by atoms with Crippen molar-refractivity contribution in [3.05, 3.63) is 42.0 Å². The Hall–Kier alpha value is -1.69. The number of fused-ring (bicyclic) bond motifs is 5. The van der Waals surface area contributed by atoms with E-state index in [0.29, 0.717) is 24.2 Å². The second-order valence-electron chi connectivity index (χ2n) is 13.3. The van der Waals surface area contributed by atoms with Crippen molar-refractivity contribution in [3.8, 4) is 0 Å². The molecular formula is C32H48N2O3. The van der Waals surface area contributed by atoms with Crippen molar-refractivity contribution in [3.63, 3.8) is 0 Å². The maximum absolute atomic E-state index is 11.8. The summed E-state index contributed by atoms with van der Waals surface area (Å²) in [7, 11) is 0. The van der Waals surface area contributed by atoms with E-state index in [2.05, 4.69) is 30.5 Å². The first-order chi connectivity index (χ1) is 17.7. The largest absolute Gasteiger partial charge is 0.393 e. The van der Waals surface area contributed by atoms with Gasteiger partial charge in [-0.1, -0.05) is 43.7 Å². The summed E-state index contributed by atoms with van der Waals surface area (Å²) >= 11 is 0. The van der Waals surface area contributed by atoms with Crippen LogP contribution in [0.5, 0.6) is 0 Å². The van der Waals surface area contributed by atoms with Crippen molar-refractivity contribution in [1.82, 2.24) is 0 Å². The molecule has 3 fully saturated rings. The maximum atomic E-state index is 11.8. The van der Waals surface area contributed by atoms with Gasteiger partial charge in [-0.15, -0.1) is 0 Å². The summed E-state index contributed by atoms with van der Waals surface area (Å²) in [5, 5.41) is 37.5. The second-order valence-corrected chi connectivity index (χ2v) is 13.3. The SMILES string of the molecule is C[C@@](O)([C@H]1CC[C@H]2[C@@H]3CC=C4C[C@@H](O)CC[C@]4(C)[C@H]3CC[C@]12C)[C@@H](O)CCC/C=N/Nc1ccccc1. The third-order valence-electron chi connectivity index (χ3n) is 11.3. The molecule has 204 valence electrons. The Morgan fingerprint density at radius 2 is 1.89 bits per heavy atom. The molecule has 0 heterocycles. The quantitative estimate of drug-likeness (QED) is 0.144. The molecule has 0 spiro atoms. The minimum absolute atomic E-state index is 0.0720. The first-order valence-corrected chi connectivity index (χ1v) is 14.8. The van der Waals surface area contributed by atoms with Gasteiger partial charge in [0.2, 0.25) is 0 Å². The lowest BCUT2D eigenvalue weighted by atomic mass is 9.46.